The summed E-state index contributed by atoms with van der Waals surface area (Å²) in [5, 5.41) is 3.25. The van der Waals surface area contributed by atoms with Gasteiger partial charge in [-0.2, -0.15) is 0 Å². The lowest BCUT2D eigenvalue weighted by Crippen LogP contribution is -2.26. The molecule has 0 unspecified atom stereocenters. The van der Waals surface area contributed by atoms with Crippen molar-refractivity contribution >= 4 is 0 Å². The van der Waals surface area contributed by atoms with E-state index in [-0.39, 0.29) is 5.56 Å². The first-order valence-corrected chi connectivity index (χ1v) is 5.90. The Balaban J connectivity index is 1.80. The third kappa shape index (κ3) is 3.49. The molecule has 18 heavy (non-hydrogen) atoms. The van der Waals surface area contributed by atoms with Crippen LogP contribution in [0.3, 0.4) is 0 Å². The summed E-state index contributed by atoms with van der Waals surface area (Å²) in [6, 6.07) is 7.05. The second kappa shape index (κ2) is 6.07. The molecule has 2 rings (SSSR count). The highest BCUT2D eigenvalue weighted by molar-refractivity contribution is 5.01. The normalized spacial score (nSPS) is 10.5. The van der Waals surface area contributed by atoms with Crippen LogP contribution < -0.4 is 10.9 Å². The molecule has 0 saturated heterocycles. The van der Waals surface area contributed by atoms with Crippen molar-refractivity contribution in [2.75, 3.05) is 6.54 Å². The number of rotatable bonds is 5. The standard InChI is InChI=1S/C13H16N4O/c1-11-15-6-5-12(16-11)10-14-7-9-17-8-3-2-4-13(17)18/h2-6,8,14H,7,9-10H2,1H3. The minimum Gasteiger partial charge on any atom is -0.314 e. The van der Waals surface area contributed by atoms with Crippen molar-refractivity contribution in [3.63, 3.8) is 0 Å². The fourth-order valence-corrected chi connectivity index (χ4v) is 1.66. The molecular formula is C13H16N4O. The predicted octanol–water partition coefficient (Wildman–Crippen LogP) is 0.737. The lowest BCUT2D eigenvalue weighted by atomic mass is 10.4. The Morgan fingerprint density at radius 1 is 1.33 bits per heavy atom. The predicted molar refractivity (Wildman–Crippen MR) is 69.2 cm³/mol. The second-order valence-corrected chi connectivity index (χ2v) is 4.00. The molecule has 0 atom stereocenters. The second-order valence-electron chi connectivity index (χ2n) is 4.00. The molecule has 94 valence electrons. The Hall–Kier alpha value is -2.01. The van der Waals surface area contributed by atoms with Crippen LogP contribution in [0.15, 0.2) is 41.5 Å². The van der Waals surface area contributed by atoms with E-state index in [0.717, 1.165) is 18.1 Å². The van der Waals surface area contributed by atoms with Gasteiger partial charge in [0, 0.05) is 38.1 Å². The molecule has 0 radical (unpaired) electrons. The van der Waals surface area contributed by atoms with E-state index < -0.39 is 0 Å². The van der Waals surface area contributed by atoms with E-state index in [0.29, 0.717) is 13.1 Å². The Bertz CT molecular complexity index is 565. The number of hydrogen-bond acceptors (Lipinski definition) is 4. The van der Waals surface area contributed by atoms with Gasteiger partial charge in [0.1, 0.15) is 5.82 Å². The molecule has 2 aromatic rings. The van der Waals surface area contributed by atoms with Gasteiger partial charge in [0.25, 0.3) is 5.56 Å². The number of hydrogen-bond donors (Lipinski definition) is 1. The zero-order valence-electron chi connectivity index (χ0n) is 10.3. The van der Waals surface area contributed by atoms with E-state index in [1.54, 1.807) is 29.1 Å². The number of aryl methyl sites for hydroxylation is 1. The first-order valence-electron chi connectivity index (χ1n) is 5.90. The Morgan fingerprint density at radius 3 is 3.00 bits per heavy atom. The highest BCUT2D eigenvalue weighted by atomic mass is 16.1. The summed E-state index contributed by atoms with van der Waals surface area (Å²) in [6.45, 7) is 3.94. The van der Waals surface area contributed by atoms with E-state index in [1.165, 1.54) is 0 Å². The van der Waals surface area contributed by atoms with Gasteiger partial charge in [0.15, 0.2) is 0 Å². The highest BCUT2D eigenvalue weighted by Crippen LogP contribution is 1.93. The molecule has 0 aliphatic carbocycles. The molecule has 0 amide bonds. The van der Waals surface area contributed by atoms with Gasteiger partial charge < -0.3 is 9.88 Å². The average molecular weight is 244 g/mol. The van der Waals surface area contributed by atoms with Gasteiger partial charge in [-0.1, -0.05) is 6.07 Å². The van der Waals surface area contributed by atoms with Gasteiger partial charge in [-0.15, -0.1) is 0 Å². The Kier molecular flexibility index (Phi) is 4.20. The summed E-state index contributed by atoms with van der Waals surface area (Å²) < 4.78 is 1.68. The summed E-state index contributed by atoms with van der Waals surface area (Å²) in [4.78, 5) is 19.8. The molecule has 0 aromatic carbocycles. The number of pyridine rings is 1. The number of nitrogens with zero attached hydrogens (tertiary/aromatic N) is 3. The maximum Gasteiger partial charge on any atom is 0.250 e. The first-order chi connectivity index (χ1) is 8.75. The summed E-state index contributed by atoms with van der Waals surface area (Å²) >= 11 is 0. The van der Waals surface area contributed by atoms with Crippen molar-refractivity contribution < 1.29 is 0 Å². The highest BCUT2D eigenvalue weighted by Gasteiger charge is 1.96. The third-order valence-corrected chi connectivity index (χ3v) is 2.57. The number of nitrogens with one attached hydrogen (secondary N) is 1. The van der Waals surface area contributed by atoms with Gasteiger partial charge in [-0.25, -0.2) is 9.97 Å². The quantitative estimate of drug-likeness (QED) is 0.788. The van der Waals surface area contributed by atoms with Crippen LogP contribution in [0.5, 0.6) is 0 Å². The zero-order valence-corrected chi connectivity index (χ0v) is 10.3. The van der Waals surface area contributed by atoms with Crippen molar-refractivity contribution in [3.05, 3.63) is 58.5 Å². The van der Waals surface area contributed by atoms with Crippen LogP contribution in [0.4, 0.5) is 0 Å². The van der Waals surface area contributed by atoms with Crippen molar-refractivity contribution in [3.8, 4) is 0 Å². The van der Waals surface area contributed by atoms with Gasteiger partial charge in [-0.05, 0) is 19.1 Å². The van der Waals surface area contributed by atoms with E-state index in [4.69, 9.17) is 0 Å². The molecule has 1 N–H and O–H groups in total. The smallest absolute Gasteiger partial charge is 0.250 e. The summed E-state index contributed by atoms with van der Waals surface area (Å²) in [5.41, 5.74) is 0.986. The topological polar surface area (TPSA) is 59.8 Å². The molecule has 0 aliphatic heterocycles. The molecule has 0 aliphatic rings. The minimum atomic E-state index is 0.0252. The monoisotopic (exact) mass is 244 g/mol. The molecule has 2 heterocycles. The Labute approximate surface area is 106 Å². The largest absolute Gasteiger partial charge is 0.314 e. The summed E-state index contributed by atoms with van der Waals surface area (Å²) in [5.74, 6) is 0.772. The fourth-order valence-electron chi connectivity index (χ4n) is 1.66. The van der Waals surface area contributed by atoms with Crippen LogP contribution in [-0.4, -0.2) is 21.1 Å². The molecule has 0 spiro atoms. The minimum absolute atomic E-state index is 0.0252. The van der Waals surface area contributed by atoms with Gasteiger partial charge in [-0.3, -0.25) is 4.79 Å². The van der Waals surface area contributed by atoms with E-state index in [1.807, 2.05) is 19.1 Å². The fraction of sp³-hybridized carbons (Fsp3) is 0.308. The third-order valence-electron chi connectivity index (χ3n) is 2.57. The molecule has 0 saturated carbocycles. The first kappa shape index (κ1) is 12.4. The van der Waals surface area contributed by atoms with Crippen molar-refractivity contribution in [2.45, 2.75) is 20.0 Å². The maximum absolute atomic E-state index is 11.4. The molecule has 5 heteroatoms. The number of aromatic nitrogens is 3. The summed E-state index contributed by atoms with van der Waals surface area (Å²) in [7, 11) is 0. The van der Waals surface area contributed by atoms with Crippen molar-refractivity contribution in [2.24, 2.45) is 0 Å². The van der Waals surface area contributed by atoms with E-state index >= 15 is 0 Å². The van der Waals surface area contributed by atoms with Gasteiger partial charge in [0.2, 0.25) is 0 Å². The van der Waals surface area contributed by atoms with E-state index in [2.05, 4.69) is 15.3 Å². The van der Waals surface area contributed by atoms with Crippen LogP contribution in [0.2, 0.25) is 0 Å². The molecule has 0 bridgehead atoms. The molecular weight excluding hydrogens is 228 g/mol. The SMILES string of the molecule is Cc1nccc(CNCCn2ccccc2=O)n1. The van der Waals surface area contributed by atoms with Crippen molar-refractivity contribution in [1.82, 2.24) is 19.9 Å². The Morgan fingerprint density at radius 2 is 2.22 bits per heavy atom. The van der Waals surface area contributed by atoms with Crippen LogP contribution in [-0.2, 0) is 13.1 Å². The lowest BCUT2D eigenvalue weighted by molar-refractivity contribution is 0.579. The summed E-state index contributed by atoms with van der Waals surface area (Å²) in [6.07, 6.45) is 3.54. The van der Waals surface area contributed by atoms with Gasteiger partial charge in [0.05, 0.1) is 5.69 Å². The lowest BCUT2D eigenvalue weighted by Gasteiger charge is -2.06. The van der Waals surface area contributed by atoms with Crippen LogP contribution in [0, 0.1) is 6.92 Å². The van der Waals surface area contributed by atoms with E-state index in [9.17, 15) is 4.79 Å². The van der Waals surface area contributed by atoms with Gasteiger partial charge >= 0.3 is 0 Å². The average Bonchev–Trinajstić information content (AvgIpc) is 2.37. The molecule has 5 nitrogen and oxygen atoms in total. The van der Waals surface area contributed by atoms with Crippen LogP contribution >= 0.6 is 0 Å². The van der Waals surface area contributed by atoms with Crippen molar-refractivity contribution in [1.29, 1.82) is 0 Å². The maximum atomic E-state index is 11.4. The van der Waals surface area contributed by atoms with Crippen LogP contribution in [0.25, 0.3) is 0 Å². The zero-order chi connectivity index (χ0) is 12.8. The molecule has 0 fully saturated rings. The van der Waals surface area contributed by atoms with Crippen LogP contribution in [0.1, 0.15) is 11.5 Å². The molecule has 2 aromatic heterocycles.